The molecule has 0 spiro atoms. The summed E-state index contributed by atoms with van der Waals surface area (Å²) >= 11 is 0. The topological polar surface area (TPSA) is 92.2 Å². The number of nitrogens with zero attached hydrogens (tertiary/aromatic N) is 4. The maximum atomic E-state index is 12.5. The lowest BCUT2D eigenvalue weighted by atomic mass is 10.1. The highest BCUT2D eigenvalue weighted by molar-refractivity contribution is 5.87. The van der Waals surface area contributed by atoms with Gasteiger partial charge in [-0.1, -0.05) is 29.4 Å². The number of carbonyl (C=O) groups excluding carboxylic acids is 1. The van der Waals surface area contributed by atoms with Gasteiger partial charge in [0.25, 0.3) is 5.91 Å². The van der Waals surface area contributed by atoms with Crippen molar-refractivity contribution in [2.24, 2.45) is 5.41 Å². The van der Waals surface area contributed by atoms with E-state index in [0.29, 0.717) is 24.0 Å². The smallest absolute Gasteiger partial charge is 0.329 e. The van der Waals surface area contributed by atoms with Crippen molar-refractivity contribution in [3.8, 4) is 17.5 Å². The van der Waals surface area contributed by atoms with Gasteiger partial charge >= 0.3 is 12.1 Å². The van der Waals surface area contributed by atoms with Gasteiger partial charge in [0.2, 0.25) is 5.82 Å². The minimum Gasteiger partial charge on any atom is -0.329 e. The SMILES string of the molecule is CCON(Cc1ccc(-c2noc(C(F)(F)F)n2)cc1)C(=O)C1(C#N)CC1. The molecule has 1 aliphatic rings. The third-order valence-electron chi connectivity index (χ3n) is 4.09. The average molecular weight is 380 g/mol. The zero-order chi connectivity index (χ0) is 19.7. The lowest BCUT2D eigenvalue weighted by molar-refractivity contribution is -0.192. The normalized spacial score (nSPS) is 15.2. The van der Waals surface area contributed by atoms with E-state index in [-0.39, 0.29) is 24.9 Å². The van der Waals surface area contributed by atoms with Gasteiger partial charge in [-0.25, -0.2) is 5.06 Å². The van der Waals surface area contributed by atoms with E-state index in [0.717, 1.165) is 5.06 Å². The van der Waals surface area contributed by atoms with E-state index in [9.17, 15) is 23.2 Å². The number of benzene rings is 1. The van der Waals surface area contributed by atoms with Crippen molar-refractivity contribution in [3.63, 3.8) is 0 Å². The van der Waals surface area contributed by atoms with Gasteiger partial charge in [0.15, 0.2) is 0 Å². The van der Waals surface area contributed by atoms with Crippen LogP contribution < -0.4 is 0 Å². The fourth-order valence-corrected chi connectivity index (χ4v) is 2.45. The first-order chi connectivity index (χ1) is 12.8. The Bertz CT molecular complexity index is 867. The lowest BCUT2D eigenvalue weighted by Crippen LogP contribution is -2.36. The molecule has 0 atom stereocenters. The summed E-state index contributed by atoms with van der Waals surface area (Å²) in [7, 11) is 0. The van der Waals surface area contributed by atoms with Crippen molar-refractivity contribution in [2.45, 2.75) is 32.5 Å². The molecule has 1 amide bonds. The molecule has 27 heavy (non-hydrogen) atoms. The highest BCUT2D eigenvalue weighted by Crippen LogP contribution is 2.46. The molecule has 3 rings (SSSR count). The molecule has 1 aromatic carbocycles. The van der Waals surface area contributed by atoms with Gasteiger partial charge < -0.3 is 4.52 Å². The summed E-state index contributed by atoms with van der Waals surface area (Å²) in [6.45, 7) is 2.09. The predicted molar refractivity (Wildman–Crippen MR) is 84.2 cm³/mol. The Morgan fingerprint density at radius 1 is 1.37 bits per heavy atom. The van der Waals surface area contributed by atoms with Gasteiger partial charge in [0.05, 0.1) is 19.2 Å². The molecule has 1 aromatic heterocycles. The molecule has 0 aliphatic heterocycles. The van der Waals surface area contributed by atoms with Crippen molar-refractivity contribution in [1.82, 2.24) is 15.2 Å². The minimum absolute atomic E-state index is 0.108. The van der Waals surface area contributed by atoms with Crippen LogP contribution in [0.5, 0.6) is 0 Å². The molecule has 1 saturated carbocycles. The number of nitriles is 1. The Morgan fingerprint density at radius 2 is 2.04 bits per heavy atom. The lowest BCUT2D eigenvalue weighted by Gasteiger charge is -2.23. The van der Waals surface area contributed by atoms with Gasteiger partial charge in [0.1, 0.15) is 5.41 Å². The van der Waals surface area contributed by atoms with Crippen LogP contribution in [0.4, 0.5) is 13.2 Å². The van der Waals surface area contributed by atoms with Crippen LogP contribution in [-0.4, -0.2) is 27.7 Å². The Morgan fingerprint density at radius 3 is 2.52 bits per heavy atom. The monoisotopic (exact) mass is 380 g/mol. The average Bonchev–Trinajstić information content (AvgIpc) is 3.27. The number of hydrogen-bond acceptors (Lipinski definition) is 6. The number of amides is 1. The van der Waals surface area contributed by atoms with Crippen LogP contribution in [0.25, 0.3) is 11.4 Å². The fourth-order valence-electron chi connectivity index (χ4n) is 2.45. The van der Waals surface area contributed by atoms with E-state index in [1.807, 2.05) is 6.07 Å². The van der Waals surface area contributed by atoms with Crippen molar-refractivity contribution >= 4 is 5.91 Å². The summed E-state index contributed by atoms with van der Waals surface area (Å²) in [5, 5.41) is 13.7. The molecule has 2 aromatic rings. The van der Waals surface area contributed by atoms with Crippen LogP contribution in [-0.2, 0) is 22.4 Å². The molecule has 0 N–H and O–H groups in total. The van der Waals surface area contributed by atoms with Gasteiger partial charge in [-0.2, -0.15) is 23.4 Å². The molecule has 1 fully saturated rings. The molecule has 0 unspecified atom stereocenters. The van der Waals surface area contributed by atoms with Gasteiger partial charge in [-0.05, 0) is 25.3 Å². The van der Waals surface area contributed by atoms with Crippen molar-refractivity contribution in [3.05, 3.63) is 35.7 Å². The van der Waals surface area contributed by atoms with Crippen LogP contribution in [0.1, 0.15) is 31.2 Å². The molecule has 10 heteroatoms. The van der Waals surface area contributed by atoms with Crippen LogP contribution in [0.3, 0.4) is 0 Å². The highest BCUT2D eigenvalue weighted by atomic mass is 19.4. The number of hydroxylamine groups is 2. The second kappa shape index (κ2) is 7.00. The number of rotatable bonds is 6. The first-order valence-electron chi connectivity index (χ1n) is 8.15. The van der Waals surface area contributed by atoms with Crippen LogP contribution >= 0.6 is 0 Å². The van der Waals surface area contributed by atoms with Crippen molar-refractivity contribution < 1.29 is 27.3 Å². The molecule has 7 nitrogen and oxygen atoms in total. The standard InChI is InChI=1S/C17H15F3N4O3/c1-2-26-24(15(25)16(10-21)7-8-16)9-11-3-5-12(6-4-11)13-22-14(27-23-13)17(18,19)20/h3-6H,2,7-9H2,1H3. The number of aromatic nitrogens is 2. The van der Waals surface area contributed by atoms with E-state index >= 15 is 0 Å². The van der Waals surface area contributed by atoms with E-state index in [2.05, 4.69) is 14.7 Å². The van der Waals surface area contributed by atoms with Crippen LogP contribution in [0.15, 0.2) is 28.8 Å². The third-order valence-corrected chi connectivity index (χ3v) is 4.09. The van der Waals surface area contributed by atoms with Gasteiger partial charge in [-0.15, -0.1) is 0 Å². The zero-order valence-corrected chi connectivity index (χ0v) is 14.3. The quantitative estimate of drug-likeness (QED) is 0.714. The van der Waals surface area contributed by atoms with Gasteiger partial charge in [0, 0.05) is 5.56 Å². The van der Waals surface area contributed by atoms with Crippen molar-refractivity contribution in [2.75, 3.05) is 6.61 Å². The Labute approximate surface area is 152 Å². The summed E-state index contributed by atoms with van der Waals surface area (Å²) in [5.41, 5.74) is 0.00472. The van der Waals surface area contributed by atoms with E-state index in [4.69, 9.17) is 4.84 Å². The van der Waals surface area contributed by atoms with Crippen molar-refractivity contribution in [1.29, 1.82) is 5.26 Å². The van der Waals surface area contributed by atoms with E-state index in [1.54, 1.807) is 19.1 Å². The second-order valence-electron chi connectivity index (χ2n) is 6.07. The molecule has 0 saturated heterocycles. The summed E-state index contributed by atoms with van der Waals surface area (Å²) in [6.07, 6.45) is -3.70. The minimum atomic E-state index is -4.71. The highest BCUT2D eigenvalue weighted by Gasteiger charge is 2.53. The fraction of sp³-hybridized carbons (Fsp3) is 0.412. The summed E-state index contributed by atoms with van der Waals surface area (Å²) in [4.78, 5) is 21.2. The molecule has 142 valence electrons. The first kappa shape index (κ1) is 18.8. The molecule has 0 bridgehead atoms. The zero-order valence-electron chi connectivity index (χ0n) is 14.3. The largest absolute Gasteiger partial charge is 0.471 e. The summed E-state index contributed by atoms with van der Waals surface area (Å²) in [6, 6.07) is 8.30. The summed E-state index contributed by atoms with van der Waals surface area (Å²) < 4.78 is 41.8. The first-order valence-corrected chi connectivity index (χ1v) is 8.15. The number of halogens is 3. The molecular formula is C17H15F3N4O3. The maximum absolute atomic E-state index is 12.5. The molecular weight excluding hydrogens is 365 g/mol. The van der Waals surface area contributed by atoms with Gasteiger partial charge in [-0.3, -0.25) is 9.63 Å². The third kappa shape index (κ3) is 3.93. The number of hydrogen-bond donors (Lipinski definition) is 0. The Balaban J connectivity index is 1.73. The number of carbonyl (C=O) groups is 1. The maximum Gasteiger partial charge on any atom is 0.471 e. The van der Waals surface area contributed by atoms with Crippen LogP contribution in [0, 0.1) is 16.7 Å². The predicted octanol–water partition coefficient (Wildman–Crippen LogP) is 3.34. The number of alkyl halides is 3. The van der Waals surface area contributed by atoms with Crippen LogP contribution in [0.2, 0.25) is 0 Å². The second-order valence-corrected chi connectivity index (χ2v) is 6.07. The Hall–Kier alpha value is -2.93. The molecule has 1 heterocycles. The Kier molecular flexibility index (Phi) is 4.89. The molecule has 0 radical (unpaired) electrons. The van der Waals surface area contributed by atoms with E-state index < -0.39 is 17.5 Å². The summed E-state index contributed by atoms with van der Waals surface area (Å²) in [5.74, 6) is -1.99. The van der Waals surface area contributed by atoms with E-state index in [1.165, 1.54) is 12.1 Å². The molecule has 1 aliphatic carbocycles.